The number of nitrogens with zero attached hydrogens (tertiary/aromatic N) is 2. The fourth-order valence-corrected chi connectivity index (χ4v) is 5.04. The van der Waals surface area contributed by atoms with Gasteiger partial charge in [-0.25, -0.2) is 14.1 Å². The first kappa shape index (κ1) is 23.8. The van der Waals surface area contributed by atoms with Gasteiger partial charge in [-0.1, -0.05) is 35.6 Å². The Hall–Kier alpha value is -1.47. The van der Waals surface area contributed by atoms with Crippen LogP contribution in [0.4, 0.5) is 14.2 Å². The molecule has 1 heterocycles. The normalized spacial score (nSPS) is 12.1. The highest BCUT2D eigenvalue weighted by Crippen LogP contribution is 2.42. The SMILES string of the molecule is CC(C)(C)OC(=O)N(COCC[Si](C)(C)C)c1sc2c(F)ccc(Br)c2c1C#N. The molecular weight excluding hydrogens is 475 g/mol. The highest BCUT2D eigenvalue weighted by Gasteiger charge is 2.29. The van der Waals surface area contributed by atoms with Gasteiger partial charge in [0.05, 0.1) is 10.3 Å². The first-order valence-corrected chi connectivity index (χ1v) is 14.5. The molecule has 29 heavy (non-hydrogen) atoms. The highest BCUT2D eigenvalue weighted by atomic mass is 79.9. The smallest absolute Gasteiger partial charge is 0.417 e. The molecule has 1 amide bonds. The minimum absolute atomic E-state index is 0.0693. The van der Waals surface area contributed by atoms with E-state index in [4.69, 9.17) is 9.47 Å². The van der Waals surface area contributed by atoms with Crippen LogP contribution in [0.25, 0.3) is 10.1 Å². The van der Waals surface area contributed by atoms with E-state index in [2.05, 4.69) is 41.6 Å². The average molecular weight is 501 g/mol. The number of carbonyl (C=O) groups excluding carboxylic acids is 1. The zero-order valence-corrected chi connectivity index (χ0v) is 21.0. The molecule has 5 nitrogen and oxygen atoms in total. The molecule has 9 heteroatoms. The third-order valence-electron chi connectivity index (χ3n) is 3.91. The zero-order valence-electron chi connectivity index (χ0n) is 17.6. The van der Waals surface area contributed by atoms with Gasteiger partial charge in [-0.05, 0) is 38.9 Å². The molecule has 0 saturated heterocycles. The largest absolute Gasteiger partial charge is 0.443 e. The summed E-state index contributed by atoms with van der Waals surface area (Å²) in [6, 6.07) is 5.93. The van der Waals surface area contributed by atoms with E-state index in [1.807, 2.05) is 0 Å². The maximum absolute atomic E-state index is 14.4. The number of nitriles is 1. The summed E-state index contributed by atoms with van der Waals surface area (Å²) in [7, 11) is -1.30. The van der Waals surface area contributed by atoms with Crippen LogP contribution in [0.2, 0.25) is 25.7 Å². The monoisotopic (exact) mass is 500 g/mol. The molecule has 0 N–H and O–H groups in total. The number of fused-ring (bicyclic) bond motifs is 1. The van der Waals surface area contributed by atoms with E-state index in [-0.39, 0.29) is 12.3 Å². The second-order valence-electron chi connectivity index (χ2n) is 8.88. The summed E-state index contributed by atoms with van der Waals surface area (Å²) >= 11 is 4.43. The first-order chi connectivity index (χ1) is 13.3. The lowest BCUT2D eigenvalue weighted by molar-refractivity contribution is 0.0501. The molecule has 0 fully saturated rings. The summed E-state index contributed by atoms with van der Waals surface area (Å²) in [5.74, 6) is -0.445. The minimum Gasteiger partial charge on any atom is -0.443 e. The van der Waals surface area contributed by atoms with Crippen molar-refractivity contribution >= 4 is 56.5 Å². The summed E-state index contributed by atoms with van der Waals surface area (Å²) in [4.78, 5) is 14.2. The van der Waals surface area contributed by atoms with E-state index in [1.54, 1.807) is 26.8 Å². The molecular formula is C20H26BrFN2O3SSi. The fourth-order valence-electron chi connectivity index (χ4n) is 2.46. The second-order valence-corrected chi connectivity index (χ2v) is 16.4. The lowest BCUT2D eigenvalue weighted by Gasteiger charge is -2.27. The van der Waals surface area contributed by atoms with Crippen LogP contribution in [0.15, 0.2) is 16.6 Å². The van der Waals surface area contributed by atoms with Gasteiger partial charge in [0.25, 0.3) is 0 Å². The van der Waals surface area contributed by atoms with Crippen molar-refractivity contribution in [2.75, 3.05) is 18.2 Å². The van der Waals surface area contributed by atoms with Gasteiger partial charge in [-0.2, -0.15) is 5.26 Å². The molecule has 0 aliphatic rings. The molecule has 0 spiro atoms. The molecule has 0 radical (unpaired) electrons. The van der Waals surface area contributed by atoms with Gasteiger partial charge in [0, 0.05) is 24.5 Å². The molecule has 0 aliphatic heterocycles. The van der Waals surface area contributed by atoms with E-state index in [1.165, 1.54) is 11.0 Å². The highest BCUT2D eigenvalue weighted by molar-refractivity contribution is 9.10. The molecule has 0 atom stereocenters. The summed E-state index contributed by atoms with van der Waals surface area (Å²) in [6.07, 6.45) is -0.634. The third kappa shape index (κ3) is 6.25. The number of ether oxygens (including phenoxy) is 2. The molecule has 2 rings (SSSR count). The van der Waals surface area contributed by atoms with Crippen LogP contribution in [0.5, 0.6) is 0 Å². The Morgan fingerprint density at radius 1 is 1.34 bits per heavy atom. The standard InChI is InChI=1S/C20H26BrFN2O3SSi/c1-20(2,3)27-19(25)24(12-26-9-10-29(4,5)6)18-13(11-23)16-14(21)7-8-15(22)17(16)28-18/h7-8H,9-10,12H2,1-6H3. The third-order valence-corrected chi connectivity index (χ3v) is 7.50. The lowest BCUT2D eigenvalue weighted by Crippen LogP contribution is -2.38. The zero-order chi connectivity index (χ0) is 22.0. The van der Waals surface area contributed by atoms with Gasteiger partial charge in [0.15, 0.2) is 0 Å². The van der Waals surface area contributed by atoms with E-state index in [0.717, 1.165) is 17.4 Å². The Balaban J connectivity index is 2.45. The predicted octanol–water partition coefficient (Wildman–Crippen LogP) is 6.73. The number of hydrogen-bond donors (Lipinski definition) is 0. The summed E-state index contributed by atoms with van der Waals surface area (Å²) in [6.45, 7) is 12.4. The van der Waals surface area contributed by atoms with Crippen LogP contribution in [0, 0.1) is 17.1 Å². The number of benzene rings is 1. The van der Waals surface area contributed by atoms with Crippen molar-refractivity contribution in [3.63, 3.8) is 0 Å². The van der Waals surface area contributed by atoms with E-state index < -0.39 is 25.6 Å². The van der Waals surface area contributed by atoms with Crippen molar-refractivity contribution in [2.45, 2.75) is 52.1 Å². The molecule has 0 aliphatic carbocycles. The van der Waals surface area contributed by atoms with Gasteiger partial charge in [0.2, 0.25) is 0 Å². The van der Waals surface area contributed by atoms with Gasteiger partial charge >= 0.3 is 6.09 Å². The molecule has 158 valence electrons. The molecule has 0 unspecified atom stereocenters. The lowest BCUT2D eigenvalue weighted by atomic mass is 10.1. The fraction of sp³-hybridized carbons (Fsp3) is 0.500. The Bertz CT molecular complexity index is 944. The Morgan fingerprint density at radius 3 is 2.55 bits per heavy atom. The van der Waals surface area contributed by atoms with Crippen molar-refractivity contribution in [3.8, 4) is 6.07 Å². The predicted molar refractivity (Wildman–Crippen MR) is 122 cm³/mol. The number of amides is 1. The number of halogens is 2. The van der Waals surface area contributed by atoms with Crippen LogP contribution in [-0.2, 0) is 9.47 Å². The summed E-state index contributed by atoms with van der Waals surface area (Å²) < 4.78 is 26.6. The van der Waals surface area contributed by atoms with Crippen LogP contribution in [-0.4, -0.2) is 33.1 Å². The van der Waals surface area contributed by atoms with Crippen molar-refractivity contribution in [1.29, 1.82) is 5.26 Å². The summed E-state index contributed by atoms with van der Waals surface area (Å²) in [5, 5.41) is 10.5. The Morgan fingerprint density at radius 2 is 2.00 bits per heavy atom. The van der Waals surface area contributed by atoms with Crippen molar-refractivity contribution < 1.29 is 18.7 Å². The average Bonchev–Trinajstić information content (AvgIpc) is 2.96. The van der Waals surface area contributed by atoms with Crippen LogP contribution in [0.1, 0.15) is 26.3 Å². The molecule has 1 aromatic carbocycles. The van der Waals surface area contributed by atoms with Crippen molar-refractivity contribution in [3.05, 3.63) is 28.0 Å². The number of rotatable bonds is 6. The number of thiophene rings is 1. The van der Waals surface area contributed by atoms with Gasteiger partial charge in [-0.3, -0.25) is 0 Å². The Labute approximate surface area is 184 Å². The van der Waals surface area contributed by atoms with Crippen molar-refractivity contribution in [1.82, 2.24) is 0 Å². The molecule has 0 saturated carbocycles. The quantitative estimate of drug-likeness (QED) is 0.250. The minimum atomic E-state index is -1.30. The van der Waals surface area contributed by atoms with Gasteiger partial charge in [0.1, 0.15) is 29.2 Å². The van der Waals surface area contributed by atoms with Crippen molar-refractivity contribution in [2.24, 2.45) is 0 Å². The van der Waals surface area contributed by atoms with E-state index >= 15 is 0 Å². The Kier molecular flexibility index (Phi) is 7.49. The van der Waals surface area contributed by atoms with Gasteiger partial charge < -0.3 is 9.47 Å². The maximum Gasteiger partial charge on any atom is 0.417 e. The molecule has 0 bridgehead atoms. The van der Waals surface area contributed by atoms with E-state index in [9.17, 15) is 14.4 Å². The second kappa shape index (κ2) is 9.12. The number of carbonyl (C=O) groups is 1. The molecule has 2 aromatic rings. The van der Waals surface area contributed by atoms with Crippen LogP contribution in [0.3, 0.4) is 0 Å². The van der Waals surface area contributed by atoms with Gasteiger partial charge in [-0.15, -0.1) is 11.3 Å². The van der Waals surface area contributed by atoms with Crippen LogP contribution < -0.4 is 4.90 Å². The molecule has 1 aromatic heterocycles. The summed E-state index contributed by atoms with van der Waals surface area (Å²) in [5.41, 5.74) is -0.501. The first-order valence-electron chi connectivity index (χ1n) is 9.23. The van der Waals surface area contributed by atoms with E-state index in [0.29, 0.717) is 26.2 Å². The van der Waals surface area contributed by atoms with Crippen LogP contribution >= 0.6 is 27.3 Å². The number of anilines is 1. The number of hydrogen-bond acceptors (Lipinski definition) is 5. The topological polar surface area (TPSA) is 62.6 Å². The maximum atomic E-state index is 14.4.